The molecule has 0 N–H and O–H groups in total. The van der Waals surface area contributed by atoms with Crippen LogP contribution in [0.1, 0.15) is 18.9 Å². The van der Waals surface area contributed by atoms with Crippen molar-refractivity contribution >= 4 is 23.5 Å². The maximum absolute atomic E-state index is 12.5. The molecule has 0 aliphatic carbocycles. The van der Waals surface area contributed by atoms with Crippen LogP contribution in [-0.4, -0.2) is 38.1 Å². The van der Waals surface area contributed by atoms with E-state index in [-0.39, 0.29) is 31.3 Å². The molecule has 0 spiro atoms. The molecule has 1 amide bonds. The zero-order valence-corrected chi connectivity index (χ0v) is 16.4. The Labute approximate surface area is 169 Å². The van der Waals surface area contributed by atoms with E-state index < -0.39 is 11.9 Å². The lowest BCUT2D eigenvalue weighted by Crippen LogP contribution is -2.27. The summed E-state index contributed by atoms with van der Waals surface area (Å²) in [5.41, 5.74) is 1.48. The van der Waals surface area contributed by atoms with Crippen LogP contribution in [0.15, 0.2) is 48.5 Å². The standard InChI is InChI=1S/C22H23NO6/c1-3-28-18-10-6-17(7-11-18)23-14-16(13-20(23)24)22(26)29-19-8-4-15(5-9-19)12-21(25)27-2/h4-11,16H,3,12-14H2,1-2H3. The summed E-state index contributed by atoms with van der Waals surface area (Å²) in [6.07, 6.45) is 0.255. The van der Waals surface area contributed by atoms with E-state index in [0.717, 1.165) is 17.0 Å². The summed E-state index contributed by atoms with van der Waals surface area (Å²) in [6.45, 7) is 2.74. The largest absolute Gasteiger partial charge is 0.494 e. The highest BCUT2D eigenvalue weighted by atomic mass is 16.5. The number of methoxy groups -OCH3 is 1. The molecule has 1 saturated heterocycles. The molecule has 1 unspecified atom stereocenters. The van der Waals surface area contributed by atoms with E-state index in [1.54, 1.807) is 53.4 Å². The smallest absolute Gasteiger partial charge is 0.316 e. The second-order valence-electron chi connectivity index (χ2n) is 6.65. The Kier molecular flexibility index (Phi) is 6.49. The van der Waals surface area contributed by atoms with Gasteiger partial charge in [0, 0.05) is 18.7 Å². The Hall–Kier alpha value is -3.35. The zero-order valence-electron chi connectivity index (χ0n) is 16.4. The van der Waals surface area contributed by atoms with Crippen LogP contribution in [0.4, 0.5) is 5.69 Å². The van der Waals surface area contributed by atoms with E-state index in [2.05, 4.69) is 4.74 Å². The number of anilines is 1. The lowest BCUT2D eigenvalue weighted by atomic mass is 10.1. The summed E-state index contributed by atoms with van der Waals surface area (Å²) in [6, 6.07) is 13.8. The minimum absolute atomic E-state index is 0.104. The van der Waals surface area contributed by atoms with Gasteiger partial charge in [-0.15, -0.1) is 0 Å². The van der Waals surface area contributed by atoms with Crippen molar-refractivity contribution in [3.63, 3.8) is 0 Å². The van der Waals surface area contributed by atoms with Gasteiger partial charge in [0.25, 0.3) is 0 Å². The number of carbonyl (C=O) groups is 3. The highest BCUT2D eigenvalue weighted by Crippen LogP contribution is 2.28. The fraction of sp³-hybridized carbons (Fsp3) is 0.318. The molecule has 0 radical (unpaired) electrons. The molecule has 1 aliphatic heterocycles. The van der Waals surface area contributed by atoms with E-state index >= 15 is 0 Å². The fourth-order valence-electron chi connectivity index (χ4n) is 3.12. The number of esters is 2. The van der Waals surface area contributed by atoms with Crippen molar-refractivity contribution < 1.29 is 28.6 Å². The Morgan fingerprint density at radius 3 is 2.31 bits per heavy atom. The third-order valence-electron chi connectivity index (χ3n) is 4.64. The average molecular weight is 397 g/mol. The number of carbonyl (C=O) groups excluding carboxylic acids is 3. The van der Waals surface area contributed by atoms with Crippen LogP contribution in [-0.2, 0) is 25.5 Å². The highest BCUT2D eigenvalue weighted by Gasteiger charge is 2.36. The van der Waals surface area contributed by atoms with Gasteiger partial charge in [0.15, 0.2) is 0 Å². The summed E-state index contributed by atoms with van der Waals surface area (Å²) in [5, 5.41) is 0. The molecule has 152 valence electrons. The second-order valence-corrected chi connectivity index (χ2v) is 6.65. The quantitative estimate of drug-likeness (QED) is 0.528. The normalized spacial score (nSPS) is 15.9. The SMILES string of the molecule is CCOc1ccc(N2CC(C(=O)Oc3ccc(CC(=O)OC)cc3)CC2=O)cc1. The van der Waals surface area contributed by atoms with Crippen molar-refractivity contribution in [2.45, 2.75) is 19.8 Å². The Bertz CT molecular complexity index is 875. The van der Waals surface area contributed by atoms with Crippen LogP contribution in [0.3, 0.4) is 0 Å². The first-order valence-corrected chi connectivity index (χ1v) is 9.40. The van der Waals surface area contributed by atoms with Gasteiger partial charge in [-0.25, -0.2) is 0 Å². The molecule has 3 rings (SSSR count). The molecule has 0 saturated carbocycles. The van der Waals surface area contributed by atoms with Gasteiger partial charge in [0.05, 0.1) is 26.1 Å². The van der Waals surface area contributed by atoms with E-state index in [9.17, 15) is 14.4 Å². The molecule has 2 aromatic rings. The average Bonchev–Trinajstić information content (AvgIpc) is 3.12. The summed E-state index contributed by atoms with van der Waals surface area (Å²) in [4.78, 5) is 37.7. The van der Waals surface area contributed by atoms with Gasteiger partial charge in [-0.3, -0.25) is 14.4 Å². The first-order chi connectivity index (χ1) is 14.0. The number of hydrogen-bond donors (Lipinski definition) is 0. The first kappa shape index (κ1) is 20.4. The van der Waals surface area contributed by atoms with E-state index in [0.29, 0.717) is 12.4 Å². The third kappa shape index (κ3) is 5.13. The van der Waals surface area contributed by atoms with Crippen LogP contribution < -0.4 is 14.4 Å². The van der Waals surface area contributed by atoms with Crippen LogP contribution in [0, 0.1) is 5.92 Å². The predicted octanol–water partition coefficient (Wildman–Crippen LogP) is 2.76. The summed E-state index contributed by atoms with van der Waals surface area (Å²) in [5.74, 6) is -0.348. The predicted molar refractivity (Wildman–Crippen MR) is 106 cm³/mol. The number of rotatable bonds is 7. The highest BCUT2D eigenvalue weighted by molar-refractivity contribution is 5.99. The van der Waals surface area contributed by atoms with Crippen LogP contribution in [0.5, 0.6) is 11.5 Å². The molecular weight excluding hydrogens is 374 g/mol. The lowest BCUT2D eigenvalue weighted by Gasteiger charge is -2.17. The Morgan fingerprint density at radius 1 is 1.03 bits per heavy atom. The summed E-state index contributed by atoms with van der Waals surface area (Å²) in [7, 11) is 1.33. The van der Waals surface area contributed by atoms with E-state index in [4.69, 9.17) is 9.47 Å². The van der Waals surface area contributed by atoms with Gasteiger partial charge in [0.1, 0.15) is 11.5 Å². The van der Waals surface area contributed by atoms with Crippen molar-refractivity contribution in [2.24, 2.45) is 5.92 Å². The summed E-state index contributed by atoms with van der Waals surface area (Å²) >= 11 is 0. The molecule has 0 bridgehead atoms. The maximum atomic E-state index is 12.5. The molecular formula is C22H23NO6. The van der Waals surface area contributed by atoms with Crippen molar-refractivity contribution in [1.29, 1.82) is 0 Å². The summed E-state index contributed by atoms with van der Waals surface area (Å²) < 4.78 is 15.4. The van der Waals surface area contributed by atoms with Gasteiger partial charge in [-0.1, -0.05) is 12.1 Å². The second kappa shape index (κ2) is 9.23. The monoisotopic (exact) mass is 397 g/mol. The van der Waals surface area contributed by atoms with Gasteiger partial charge < -0.3 is 19.1 Å². The molecule has 7 heteroatoms. The zero-order chi connectivity index (χ0) is 20.8. The van der Waals surface area contributed by atoms with Crippen molar-refractivity contribution in [3.8, 4) is 11.5 Å². The Balaban J connectivity index is 1.59. The lowest BCUT2D eigenvalue weighted by molar-refractivity contribution is -0.140. The third-order valence-corrected chi connectivity index (χ3v) is 4.64. The Morgan fingerprint density at radius 2 is 1.69 bits per heavy atom. The van der Waals surface area contributed by atoms with E-state index in [1.165, 1.54) is 7.11 Å². The molecule has 1 fully saturated rings. The number of amides is 1. The van der Waals surface area contributed by atoms with E-state index in [1.807, 2.05) is 6.92 Å². The van der Waals surface area contributed by atoms with Gasteiger partial charge >= 0.3 is 11.9 Å². The first-order valence-electron chi connectivity index (χ1n) is 9.40. The molecule has 7 nitrogen and oxygen atoms in total. The minimum Gasteiger partial charge on any atom is -0.494 e. The van der Waals surface area contributed by atoms with Crippen LogP contribution in [0.25, 0.3) is 0 Å². The maximum Gasteiger partial charge on any atom is 0.316 e. The number of ether oxygens (including phenoxy) is 3. The number of nitrogens with zero attached hydrogens (tertiary/aromatic N) is 1. The molecule has 0 aromatic heterocycles. The van der Waals surface area contributed by atoms with Crippen molar-refractivity contribution in [1.82, 2.24) is 0 Å². The number of hydrogen-bond acceptors (Lipinski definition) is 6. The molecule has 1 heterocycles. The molecule has 1 atom stereocenters. The van der Waals surface area contributed by atoms with Gasteiger partial charge in [0.2, 0.25) is 5.91 Å². The molecule has 2 aromatic carbocycles. The topological polar surface area (TPSA) is 82.1 Å². The van der Waals surface area contributed by atoms with Crippen molar-refractivity contribution in [3.05, 3.63) is 54.1 Å². The number of benzene rings is 2. The van der Waals surface area contributed by atoms with Crippen molar-refractivity contribution in [2.75, 3.05) is 25.2 Å². The van der Waals surface area contributed by atoms with Gasteiger partial charge in [-0.05, 0) is 48.9 Å². The molecule has 29 heavy (non-hydrogen) atoms. The minimum atomic E-state index is -0.538. The van der Waals surface area contributed by atoms with Crippen LogP contribution in [0.2, 0.25) is 0 Å². The fourth-order valence-corrected chi connectivity index (χ4v) is 3.12. The van der Waals surface area contributed by atoms with Crippen LogP contribution >= 0.6 is 0 Å². The molecule has 1 aliphatic rings. The van der Waals surface area contributed by atoms with Gasteiger partial charge in [-0.2, -0.15) is 0 Å².